The first-order valence-electron chi connectivity index (χ1n) is 11.6. The van der Waals surface area contributed by atoms with E-state index in [1.54, 1.807) is 54.7 Å². The van der Waals surface area contributed by atoms with Gasteiger partial charge in [-0.2, -0.15) is 13.2 Å². The number of fused-ring (bicyclic) bond motifs is 1. The minimum absolute atomic E-state index is 0.0235. The molecule has 0 saturated carbocycles. The van der Waals surface area contributed by atoms with Crippen molar-refractivity contribution in [2.75, 3.05) is 16.9 Å². The summed E-state index contributed by atoms with van der Waals surface area (Å²) in [5.41, 5.74) is 3.69. The third kappa shape index (κ3) is 5.78. The van der Waals surface area contributed by atoms with Crippen LogP contribution < -0.4 is 10.6 Å². The molecule has 2 amide bonds. The number of aromatic nitrogens is 2. The number of urea groups is 1. The van der Waals surface area contributed by atoms with E-state index >= 15 is 0 Å². The number of sulfone groups is 1. The molecule has 39 heavy (non-hydrogen) atoms. The van der Waals surface area contributed by atoms with Crippen LogP contribution in [-0.2, 0) is 16.0 Å². The smallest absolute Gasteiger partial charge is 0.308 e. The van der Waals surface area contributed by atoms with Crippen molar-refractivity contribution in [2.24, 2.45) is 0 Å². The lowest BCUT2D eigenvalue weighted by molar-refractivity contribution is -0.137. The molecule has 5 aromatic rings. The van der Waals surface area contributed by atoms with E-state index in [2.05, 4.69) is 15.6 Å². The van der Waals surface area contributed by atoms with E-state index in [4.69, 9.17) is 0 Å². The largest absolute Gasteiger partial charge is 0.416 e. The van der Waals surface area contributed by atoms with Gasteiger partial charge in [-0.15, -0.1) is 0 Å². The highest BCUT2D eigenvalue weighted by molar-refractivity contribution is 7.90. The summed E-state index contributed by atoms with van der Waals surface area (Å²) < 4.78 is 64.0. The first kappa shape index (κ1) is 26.0. The quantitative estimate of drug-likeness (QED) is 0.254. The first-order chi connectivity index (χ1) is 18.5. The van der Waals surface area contributed by atoms with Gasteiger partial charge in [0.1, 0.15) is 5.65 Å². The molecule has 0 aliphatic rings. The summed E-state index contributed by atoms with van der Waals surface area (Å²) in [7, 11) is -3.28. The summed E-state index contributed by atoms with van der Waals surface area (Å²) in [5, 5.41) is 5.01. The fourth-order valence-electron chi connectivity index (χ4n) is 4.06. The lowest BCUT2D eigenvalue weighted by Gasteiger charge is -2.11. The van der Waals surface area contributed by atoms with E-state index in [1.807, 2.05) is 22.7 Å². The number of benzene rings is 3. The van der Waals surface area contributed by atoms with Crippen molar-refractivity contribution < 1.29 is 26.4 Å². The number of hydrogen-bond acceptors (Lipinski definition) is 4. The van der Waals surface area contributed by atoms with Gasteiger partial charge in [0.25, 0.3) is 0 Å². The molecule has 0 fully saturated rings. The Bertz CT molecular complexity index is 1780. The zero-order valence-electron chi connectivity index (χ0n) is 20.4. The second-order valence-corrected chi connectivity index (χ2v) is 10.8. The highest BCUT2D eigenvalue weighted by Crippen LogP contribution is 2.31. The molecular weight excluding hydrogens is 529 g/mol. The summed E-state index contributed by atoms with van der Waals surface area (Å²) in [6.07, 6.45) is 0.244. The maximum Gasteiger partial charge on any atom is 0.416 e. The SMILES string of the molecule is CS(=O)(=O)c1ccc(-c2ccn3c(-c4ccc(NC(=O)Nc5cccc(C(F)(F)F)c5)cc4)cnc3c2)cc1. The van der Waals surface area contributed by atoms with Crippen LogP contribution >= 0.6 is 0 Å². The maximum atomic E-state index is 12.9. The van der Waals surface area contributed by atoms with E-state index < -0.39 is 27.6 Å². The van der Waals surface area contributed by atoms with Crippen molar-refractivity contribution in [3.63, 3.8) is 0 Å². The number of carbonyl (C=O) groups excluding carboxylic acids is 1. The number of nitrogens with one attached hydrogen (secondary N) is 2. The zero-order chi connectivity index (χ0) is 27.8. The summed E-state index contributed by atoms with van der Waals surface area (Å²) in [5.74, 6) is 0. The number of hydrogen-bond donors (Lipinski definition) is 2. The molecule has 0 bridgehead atoms. The Hall–Kier alpha value is -4.64. The minimum atomic E-state index is -4.50. The molecule has 2 aromatic heterocycles. The van der Waals surface area contributed by atoms with Gasteiger partial charge in [0.05, 0.1) is 22.3 Å². The van der Waals surface area contributed by atoms with Crippen LogP contribution in [0.25, 0.3) is 28.0 Å². The Morgan fingerprint density at radius 3 is 2.15 bits per heavy atom. The molecule has 2 N–H and O–H groups in total. The lowest BCUT2D eigenvalue weighted by atomic mass is 10.1. The Morgan fingerprint density at radius 2 is 1.49 bits per heavy atom. The van der Waals surface area contributed by atoms with E-state index in [9.17, 15) is 26.4 Å². The average Bonchev–Trinajstić information content (AvgIpc) is 3.32. The van der Waals surface area contributed by atoms with Crippen molar-refractivity contribution in [3.8, 4) is 22.4 Å². The van der Waals surface area contributed by atoms with Crippen molar-refractivity contribution in [3.05, 3.63) is 103 Å². The highest BCUT2D eigenvalue weighted by Gasteiger charge is 2.30. The first-order valence-corrected chi connectivity index (χ1v) is 13.5. The van der Waals surface area contributed by atoms with Gasteiger partial charge < -0.3 is 10.6 Å². The van der Waals surface area contributed by atoms with Crippen LogP contribution in [0.15, 0.2) is 102 Å². The van der Waals surface area contributed by atoms with Gasteiger partial charge >= 0.3 is 12.2 Å². The molecule has 0 unspecified atom stereocenters. The molecule has 2 heterocycles. The molecule has 7 nitrogen and oxygen atoms in total. The van der Waals surface area contributed by atoms with Crippen molar-refractivity contribution in [1.29, 1.82) is 0 Å². The normalized spacial score (nSPS) is 11.9. The highest BCUT2D eigenvalue weighted by atomic mass is 32.2. The van der Waals surface area contributed by atoms with Crippen LogP contribution in [0.2, 0.25) is 0 Å². The van der Waals surface area contributed by atoms with Crippen molar-refractivity contribution in [1.82, 2.24) is 9.38 Å². The van der Waals surface area contributed by atoms with Crippen molar-refractivity contribution in [2.45, 2.75) is 11.1 Å². The van der Waals surface area contributed by atoms with Crippen LogP contribution in [0.3, 0.4) is 0 Å². The summed E-state index contributed by atoms with van der Waals surface area (Å²) in [6.45, 7) is 0. The summed E-state index contributed by atoms with van der Waals surface area (Å²) in [4.78, 5) is 17.0. The Morgan fingerprint density at radius 1 is 0.821 bits per heavy atom. The van der Waals surface area contributed by atoms with Crippen LogP contribution in [0, 0.1) is 0 Å². The van der Waals surface area contributed by atoms with Crippen LogP contribution in [-0.4, -0.2) is 30.1 Å². The maximum absolute atomic E-state index is 12.9. The van der Waals surface area contributed by atoms with E-state index in [1.165, 1.54) is 12.1 Å². The van der Waals surface area contributed by atoms with Crippen LogP contribution in [0.4, 0.5) is 29.3 Å². The number of halogens is 3. The number of imidazole rings is 1. The number of amides is 2. The average molecular weight is 551 g/mol. The molecule has 0 aliphatic heterocycles. The molecule has 0 atom stereocenters. The number of alkyl halides is 3. The monoisotopic (exact) mass is 550 g/mol. The summed E-state index contributed by atoms with van der Waals surface area (Å²) in [6, 6.07) is 21.1. The Kier molecular flexibility index (Phi) is 6.61. The fraction of sp³-hybridized carbons (Fsp3) is 0.0714. The number of pyridine rings is 1. The van der Waals surface area contributed by atoms with Gasteiger partial charge in [0.15, 0.2) is 9.84 Å². The Balaban J connectivity index is 1.30. The van der Waals surface area contributed by atoms with Gasteiger partial charge in [-0.3, -0.25) is 4.40 Å². The second kappa shape index (κ2) is 9.91. The van der Waals surface area contributed by atoms with Gasteiger partial charge in [-0.25, -0.2) is 18.2 Å². The second-order valence-electron chi connectivity index (χ2n) is 8.82. The lowest BCUT2D eigenvalue weighted by Crippen LogP contribution is -2.19. The molecular formula is C28H21F3N4O3S. The molecule has 0 aliphatic carbocycles. The predicted molar refractivity (Wildman–Crippen MR) is 143 cm³/mol. The fourth-order valence-corrected chi connectivity index (χ4v) is 4.69. The van der Waals surface area contributed by atoms with Gasteiger partial charge in [-0.05, 0) is 65.7 Å². The summed E-state index contributed by atoms with van der Waals surface area (Å²) >= 11 is 0. The van der Waals surface area contributed by atoms with Crippen LogP contribution in [0.1, 0.15) is 5.56 Å². The topological polar surface area (TPSA) is 92.6 Å². The predicted octanol–water partition coefficient (Wildman–Crippen LogP) is 6.73. The minimum Gasteiger partial charge on any atom is -0.308 e. The van der Waals surface area contributed by atoms with Gasteiger partial charge in [0.2, 0.25) is 0 Å². The van der Waals surface area contributed by atoms with E-state index in [-0.39, 0.29) is 10.6 Å². The van der Waals surface area contributed by atoms with E-state index in [0.717, 1.165) is 40.8 Å². The van der Waals surface area contributed by atoms with Crippen LogP contribution in [0.5, 0.6) is 0 Å². The molecule has 5 rings (SSSR count). The number of anilines is 2. The number of nitrogens with zero attached hydrogens (tertiary/aromatic N) is 2. The molecule has 0 radical (unpaired) electrons. The third-order valence-electron chi connectivity index (χ3n) is 6.02. The Labute approximate surface area is 221 Å². The molecule has 3 aromatic carbocycles. The molecule has 11 heteroatoms. The zero-order valence-corrected chi connectivity index (χ0v) is 21.2. The van der Waals surface area contributed by atoms with Gasteiger partial charge in [0, 0.05) is 29.4 Å². The standard InChI is InChI=1S/C28H21F3N4O3S/c1-39(37,38)24-11-7-18(8-12-24)20-13-14-35-25(17-32-26(35)15-20)19-5-9-22(10-6-19)33-27(36)34-23-4-2-3-21(16-23)28(29,30)31/h2-17H,1H3,(H2,33,34,36). The molecule has 0 saturated heterocycles. The number of carbonyl (C=O) groups is 1. The third-order valence-corrected chi connectivity index (χ3v) is 7.14. The van der Waals surface area contributed by atoms with E-state index in [0.29, 0.717) is 11.3 Å². The molecule has 0 spiro atoms. The number of rotatable bonds is 5. The molecule has 198 valence electrons. The van der Waals surface area contributed by atoms with Gasteiger partial charge in [-0.1, -0.05) is 30.3 Å². The van der Waals surface area contributed by atoms with Crippen molar-refractivity contribution >= 4 is 32.9 Å².